The van der Waals surface area contributed by atoms with Crippen molar-refractivity contribution < 1.29 is 14.7 Å². The second-order valence-electron chi connectivity index (χ2n) is 9.38. The van der Waals surface area contributed by atoms with Crippen molar-refractivity contribution in [3.63, 3.8) is 0 Å². The highest BCUT2D eigenvalue weighted by Gasteiger charge is 2.28. The maximum atomic E-state index is 13.1. The lowest BCUT2D eigenvalue weighted by molar-refractivity contribution is -0.142. The molecule has 2 aromatic heterocycles. The van der Waals surface area contributed by atoms with E-state index < -0.39 is 11.9 Å². The van der Waals surface area contributed by atoms with E-state index in [1.807, 2.05) is 18.2 Å². The molecule has 3 aromatic rings. The molecular formula is C27H34N2O3S. The highest BCUT2D eigenvalue weighted by Crippen LogP contribution is 2.33. The number of thiophene rings is 1. The Balaban J connectivity index is 1.61. The number of benzene rings is 1. The number of nitrogens with zero attached hydrogens (tertiary/aromatic N) is 2. The zero-order valence-corrected chi connectivity index (χ0v) is 20.4. The van der Waals surface area contributed by atoms with Gasteiger partial charge in [0.15, 0.2) is 5.78 Å². The Labute approximate surface area is 199 Å². The van der Waals surface area contributed by atoms with Gasteiger partial charge in [-0.25, -0.2) is 4.98 Å². The number of aromatic nitrogens is 2. The third-order valence-electron chi connectivity index (χ3n) is 7.18. The van der Waals surface area contributed by atoms with Crippen LogP contribution < -0.4 is 0 Å². The number of hydrogen-bond donors (Lipinski definition) is 1. The predicted octanol–water partition coefficient (Wildman–Crippen LogP) is 6.90. The van der Waals surface area contributed by atoms with E-state index in [2.05, 4.69) is 35.9 Å². The fourth-order valence-electron chi connectivity index (χ4n) is 5.34. The molecule has 0 saturated heterocycles. The molecule has 1 N–H and O–H groups in total. The molecule has 0 amide bonds. The summed E-state index contributed by atoms with van der Waals surface area (Å²) in [6.45, 7) is 4.40. The lowest BCUT2D eigenvalue weighted by Crippen LogP contribution is -2.20. The largest absolute Gasteiger partial charge is 0.481 e. The van der Waals surface area contributed by atoms with Gasteiger partial charge in [-0.15, -0.1) is 11.3 Å². The maximum Gasteiger partial charge on any atom is 0.306 e. The SMILES string of the molecule is CCC(CC)n1c(Cc2cccs2)nc2cc(C(=O)CC(CC3CCCC3)C(=O)O)ccc21. The molecule has 1 saturated carbocycles. The van der Waals surface area contributed by atoms with Crippen LogP contribution in [-0.4, -0.2) is 26.4 Å². The summed E-state index contributed by atoms with van der Waals surface area (Å²) in [7, 11) is 0. The van der Waals surface area contributed by atoms with Crippen LogP contribution in [0.15, 0.2) is 35.7 Å². The minimum absolute atomic E-state index is 0.0621. The van der Waals surface area contributed by atoms with Crippen molar-refractivity contribution in [1.29, 1.82) is 0 Å². The molecular weight excluding hydrogens is 432 g/mol. The summed E-state index contributed by atoms with van der Waals surface area (Å²) in [5.74, 6) is -0.0909. The number of fused-ring (bicyclic) bond motifs is 1. The summed E-state index contributed by atoms with van der Waals surface area (Å²) in [4.78, 5) is 31.1. The lowest BCUT2D eigenvalue weighted by atomic mass is 9.88. The summed E-state index contributed by atoms with van der Waals surface area (Å²) in [5.41, 5.74) is 2.44. The second kappa shape index (κ2) is 10.6. The number of hydrogen-bond acceptors (Lipinski definition) is 4. The Morgan fingerprint density at radius 3 is 2.58 bits per heavy atom. The van der Waals surface area contributed by atoms with Crippen LogP contribution in [0, 0.1) is 11.8 Å². The number of imidazole rings is 1. The Kier molecular flexibility index (Phi) is 7.63. The number of rotatable bonds is 11. The molecule has 5 nitrogen and oxygen atoms in total. The number of Topliss-reactive ketones (excluding diaryl/α,β-unsaturated/α-hetero) is 1. The highest BCUT2D eigenvalue weighted by molar-refractivity contribution is 7.09. The molecule has 1 atom stereocenters. The Bertz CT molecular complexity index is 1090. The van der Waals surface area contributed by atoms with Crippen molar-refractivity contribution in [3.8, 4) is 0 Å². The predicted molar refractivity (Wildman–Crippen MR) is 133 cm³/mol. The molecule has 33 heavy (non-hydrogen) atoms. The Morgan fingerprint density at radius 2 is 1.94 bits per heavy atom. The van der Waals surface area contributed by atoms with Crippen molar-refractivity contribution in [1.82, 2.24) is 9.55 Å². The monoisotopic (exact) mass is 466 g/mol. The standard InChI is InChI=1S/C27H34N2O3S/c1-3-21(4-2)29-24-12-11-19(15-23(24)28-26(29)17-22-10-7-13-33-22)25(30)16-20(27(31)32)14-18-8-5-6-9-18/h7,10-13,15,18,20-21H,3-6,8-9,14,16-17H2,1-2H3,(H,31,32). The fourth-order valence-corrected chi connectivity index (χ4v) is 6.04. The van der Waals surface area contributed by atoms with E-state index in [0.717, 1.165) is 49.0 Å². The first-order chi connectivity index (χ1) is 16.0. The first-order valence-electron chi connectivity index (χ1n) is 12.3. The summed E-state index contributed by atoms with van der Waals surface area (Å²) < 4.78 is 2.34. The second-order valence-corrected chi connectivity index (χ2v) is 10.4. The van der Waals surface area contributed by atoms with Crippen LogP contribution in [0.4, 0.5) is 0 Å². The molecule has 2 heterocycles. The van der Waals surface area contributed by atoms with Gasteiger partial charge in [-0.1, -0.05) is 45.6 Å². The van der Waals surface area contributed by atoms with Crippen LogP contribution in [0.5, 0.6) is 0 Å². The minimum Gasteiger partial charge on any atom is -0.481 e. The van der Waals surface area contributed by atoms with Gasteiger partial charge >= 0.3 is 5.97 Å². The molecule has 0 radical (unpaired) electrons. The molecule has 0 bridgehead atoms. The highest BCUT2D eigenvalue weighted by atomic mass is 32.1. The fraction of sp³-hybridized carbons (Fsp3) is 0.519. The van der Waals surface area contributed by atoms with Crippen molar-refractivity contribution in [2.24, 2.45) is 11.8 Å². The van der Waals surface area contributed by atoms with Gasteiger partial charge in [-0.3, -0.25) is 9.59 Å². The van der Waals surface area contributed by atoms with Gasteiger partial charge in [-0.2, -0.15) is 0 Å². The first kappa shape index (κ1) is 23.7. The van der Waals surface area contributed by atoms with E-state index in [1.165, 1.54) is 17.7 Å². The Hall–Kier alpha value is -2.47. The van der Waals surface area contributed by atoms with E-state index in [4.69, 9.17) is 4.98 Å². The zero-order valence-electron chi connectivity index (χ0n) is 19.6. The van der Waals surface area contributed by atoms with Crippen molar-refractivity contribution in [2.45, 2.75) is 77.7 Å². The van der Waals surface area contributed by atoms with E-state index in [9.17, 15) is 14.7 Å². The molecule has 6 heteroatoms. The van der Waals surface area contributed by atoms with E-state index in [0.29, 0.717) is 23.9 Å². The van der Waals surface area contributed by atoms with Crippen LogP contribution >= 0.6 is 11.3 Å². The number of carbonyl (C=O) groups is 2. The van der Waals surface area contributed by atoms with Crippen LogP contribution in [-0.2, 0) is 11.2 Å². The van der Waals surface area contributed by atoms with Crippen LogP contribution in [0.25, 0.3) is 11.0 Å². The van der Waals surface area contributed by atoms with Gasteiger partial charge in [0.2, 0.25) is 0 Å². The number of ketones is 1. The summed E-state index contributed by atoms with van der Waals surface area (Å²) >= 11 is 1.73. The molecule has 1 aliphatic carbocycles. The quantitative estimate of drug-likeness (QED) is 0.312. The summed E-state index contributed by atoms with van der Waals surface area (Å²) in [6.07, 6.45) is 8.00. The van der Waals surface area contributed by atoms with Crippen molar-refractivity contribution in [3.05, 3.63) is 52.0 Å². The normalized spacial score (nSPS) is 15.5. The molecule has 1 aromatic carbocycles. The first-order valence-corrected chi connectivity index (χ1v) is 13.2. The van der Waals surface area contributed by atoms with Gasteiger partial charge < -0.3 is 9.67 Å². The number of aliphatic carboxylic acids is 1. The average molecular weight is 467 g/mol. The van der Waals surface area contributed by atoms with Gasteiger partial charge in [0, 0.05) is 29.3 Å². The van der Waals surface area contributed by atoms with Crippen LogP contribution in [0.3, 0.4) is 0 Å². The van der Waals surface area contributed by atoms with E-state index >= 15 is 0 Å². The topological polar surface area (TPSA) is 72.2 Å². The third kappa shape index (κ3) is 5.37. The number of carboxylic acids is 1. The van der Waals surface area contributed by atoms with Crippen molar-refractivity contribution >= 4 is 34.1 Å². The smallest absolute Gasteiger partial charge is 0.306 e. The summed E-state index contributed by atoms with van der Waals surface area (Å²) in [5, 5.41) is 11.8. The van der Waals surface area contributed by atoms with E-state index in [1.54, 1.807) is 11.3 Å². The lowest BCUT2D eigenvalue weighted by Gasteiger charge is -2.19. The third-order valence-corrected chi connectivity index (χ3v) is 8.05. The van der Waals surface area contributed by atoms with Gasteiger partial charge in [0.1, 0.15) is 5.82 Å². The molecule has 1 unspecified atom stereocenters. The maximum absolute atomic E-state index is 13.1. The van der Waals surface area contributed by atoms with Crippen LogP contribution in [0.2, 0.25) is 0 Å². The molecule has 4 rings (SSSR count). The minimum atomic E-state index is -0.854. The Morgan fingerprint density at radius 1 is 1.18 bits per heavy atom. The molecule has 1 fully saturated rings. The number of carboxylic acid groups (broad SMARTS) is 1. The van der Waals surface area contributed by atoms with Gasteiger partial charge in [-0.05, 0) is 54.8 Å². The molecule has 1 aliphatic rings. The molecule has 0 aliphatic heterocycles. The molecule has 0 spiro atoms. The average Bonchev–Trinajstić information content (AvgIpc) is 3.56. The summed E-state index contributed by atoms with van der Waals surface area (Å²) in [6, 6.07) is 10.3. The molecule has 176 valence electrons. The zero-order chi connectivity index (χ0) is 23.4. The van der Waals surface area contributed by atoms with Gasteiger partial charge in [0.25, 0.3) is 0 Å². The van der Waals surface area contributed by atoms with Gasteiger partial charge in [0.05, 0.1) is 17.0 Å². The van der Waals surface area contributed by atoms with Crippen LogP contribution in [0.1, 0.15) is 92.3 Å². The van der Waals surface area contributed by atoms with Crippen molar-refractivity contribution in [2.75, 3.05) is 0 Å². The van der Waals surface area contributed by atoms with E-state index in [-0.39, 0.29) is 12.2 Å². The number of carbonyl (C=O) groups excluding carboxylic acids is 1.